The van der Waals surface area contributed by atoms with E-state index in [1.165, 1.54) is 18.2 Å². The molecule has 0 aliphatic carbocycles. The number of thioether (sulfide) groups is 1. The van der Waals surface area contributed by atoms with Gasteiger partial charge in [-0.3, -0.25) is 24.6 Å². The normalized spacial score (nSPS) is 15.1. The van der Waals surface area contributed by atoms with Crippen molar-refractivity contribution in [2.75, 3.05) is 0 Å². The quantitative estimate of drug-likeness (QED) is 0.312. The van der Waals surface area contributed by atoms with E-state index in [0.717, 1.165) is 33.4 Å². The molecule has 0 atom stereocenters. The lowest BCUT2D eigenvalue weighted by molar-refractivity contribution is -0.384. The highest BCUT2D eigenvalue weighted by atomic mass is 32.2. The van der Waals surface area contributed by atoms with Gasteiger partial charge in [0.25, 0.3) is 16.8 Å². The molecule has 0 aromatic heterocycles. The summed E-state index contributed by atoms with van der Waals surface area (Å²) in [6, 6.07) is 23.6. The van der Waals surface area contributed by atoms with Gasteiger partial charge in [-0.15, -0.1) is 0 Å². The van der Waals surface area contributed by atoms with Crippen LogP contribution < -0.4 is 0 Å². The highest BCUT2D eigenvalue weighted by molar-refractivity contribution is 8.18. The second-order valence-electron chi connectivity index (χ2n) is 6.68. The number of nitro benzene ring substituents is 1. The number of imide groups is 1. The van der Waals surface area contributed by atoms with E-state index >= 15 is 0 Å². The summed E-state index contributed by atoms with van der Waals surface area (Å²) in [6.45, 7) is -0.00334. The molecular formula is C23H16N2O4S. The second kappa shape index (κ2) is 8.34. The Morgan fingerprint density at radius 1 is 0.900 bits per heavy atom. The summed E-state index contributed by atoms with van der Waals surface area (Å²) in [5.41, 5.74) is 3.43. The maximum absolute atomic E-state index is 12.7. The molecule has 3 aromatic carbocycles. The van der Waals surface area contributed by atoms with Gasteiger partial charge in [0.05, 0.1) is 16.4 Å². The molecule has 148 valence electrons. The van der Waals surface area contributed by atoms with Crippen molar-refractivity contribution < 1.29 is 14.5 Å². The molecule has 0 N–H and O–H groups in total. The van der Waals surface area contributed by atoms with Crippen molar-refractivity contribution in [2.24, 2.45) is 0 Å². The fourth-order valence-corrected chi connectivity index (χ4v) is 3.98. The molecule has 0 radical (unpaired) electrons. The van der Waals surface area contributed by atoms with Gasteiger partial charge in [0.2, 0.25) is 0 Å². The maximum Gasteiger partial charge on any atom is 0.293 e. The standard InChI is InChI=1S/C23H16N2O4S/c26-22-21(14-16-9-11-19(12-10-16)18-6-2-1-3-7-18)30-23(27)24(22)15-17-5-4-8-20(13-17)25(28)29/h1-14H,15H2. The summed E-state index contributed by atoms with van der Waals surface area (Å²) in [7, 11) is 0. The first-order chi connectivity index (χ1) is 14.5. The molecule has 1 saturated heterocycles. The zero-order valence-electron chi connectivity index (χ0n) is 15.7. The molecule has 7 heteroatoms. The topological polar surface area (TPSA) is 80.5 Å². The summed E-state index contributed by atoms with van der Waals surface area (Å²) < 4.78 is 0. The highest BCUT2D eigenvalue weighted by Crippen LogP contribution is 2.34. The highest BCUT2D eigenvalue weighted by Gasteiger charge is 2.35. The third-order valence-corrected chi connectivity index (χ3v) is 5.56. The molecular weight excluding hydrogens is 400 g/mol. The molecule has 1 heterocycles. The maximum atomic E-state index is 12.7. The predicted molar refractivity (Wildman–Crippen MR) is 116 cm³/mol. The second-order valence-corrected chi connectivity index (χ2v) is 7.68. The third kappa shape index (κ3) is 4.16. The smallest absolute Gasteiger partial charge is 0.268 e. The number of non-ortho nitro benzene ring substituents is 1. The van der Waals surface area contributed by atoms with E-state index in [4.69, 9.17) is 0 Å². The lowest BCUT2D eigenvalue weighted by atomic mass is 10.0. The van der Waals surface area contributed by atoms with Crippen LogP contribution in [-0.4, -0.2) is 21.0 Å². The zero-order chi connectivity index (χ0) is 21.1. The number of hydrogen-bond donors (Lipinski definition) is 0. The van der Waals surface area contributed by atoms with Crippen LogP contribution in [-0.2, 0) is 11.3 Å². The van der Waals surface area contributed by atoms with Crippen LogP contribution in [0.5, 0.6) is 0 Å². The van der Waals surface area contributed by atoms with Crippen molar-refractivity contribution in [1.82, 2.24) is 4.90 Å². The van der Waals surface area contributed by atoms with E-state index in [-0.39, 0.29) is 12.2 Å². The number of benzene rings is 3. The predicted octanol–water partition coefficient (Wildman–Crippen LogP) is 5.50. The van der Waals surface area contributed by atoms with Crippen LogP contribution in [0.1, 0.15) is 11.1 Å². The molecule has 1 fully saturated rings. The number of carbonyl (C=O) groups is 2. The van der Waals surface area contributed by atoms with Gasteiger partial charge < -0.3 is 0 Å². The number of nitro groups is 1. The monoisotopic (exact) mass is 416 g/mol. The van der Waals surface area contributed by atoms with Crippen molar-refractivity contribution in [3.8, 4) is 11.1 Å². The minimum absolute atomic E-state index is 0.00334. The summed E-state index contributed by atoms with van der Waals surface area (Å²) in [5.74, 6) is -0.399. The lowest BCUT2D eigenvalue weighted by Gasteiger charge is -2.12. The van der Waals surface area contributed by atoms with Gasteiger partial charge in [0.1, 0.15) is 0 Å². The molecule has 0 bridgehead atoms. The van der Waals surface area contributed by atoms with Gasteiger partial charge in [-0.25, -0.2) is 0 Å². The molecule has 3 aromatic rings. The molecule has 0 saturated carbocycles. The van der Waals surface area contributed by atoms with Crippen LogP contribution in [0, 0.1) is 10.1 Å². The number of carbonyl (C=O) groups excluding carboxylic acids is 2. The average molecular weight is 416 g/mol. The number of nitrogens with zero attached hydrogens (tertiary/aromatic N) is 2. The molecule has 4 rings (SSSR count). The molecule has 2 amide bonds. The molecule has 0 unspecified atom stereocenters. The summed E-state index contributed by atoms with van der Waals surface area (Å²) in [4.78, 5) is 36.9. The minimum Gasteiger partial charge on any atom is -0.268 e. The SMILES string of the molecule is O=C1SC(=Cc2ccc(-c3ccccc3)cc2)C(=O)N1Cc1cccc([N+](=O)[O-])c1. The Balaban J connectivity index is 1.51. The fraction of sp³-hybridized carbons (Fsp3) is 0.0435. The van der Waals surface area contributed by atoms with Crippen LogP contribution in [0.15, 0.2) is 83.8 Å². The Kier molecular flexibility index (Phi) is 5.45. The zero-order valence-corrected chi connectivity index (χ0v) is 16.5. The third-order valence-electron chi connectivity index (χ3n) is 4.65. The van der Waals surface area contributed by atoms with Crippen molar-refractivity contribution in [3.05, 3.63) is 105 Å². The van der Waals surface area contributed by atoms with E-state index in [0.29, 0.717) is 10.5 Å². The Morgan fingerprint density at radius 2 is 1.60 bits per heavy atom. The van der Waals surface area contributed by atoms with Gasteiger partial charge >= 0.3 is 0 Å². The van der Waals surface area contributed by atoms with E-state index < -0.39 is 16.1 Å². The summed E-state index contributed by atoms with van der Waals surface area (Å²) >= 11 is 0.872. The summed E-state index contributed by atoms with van der Waals surface area (Å²) in [5, 5.41) is 10.5. The Bertz CT molecular complexity index is 1160. The minimum atomic E-state index is -0.504. The molecule has 1 aliphatic rings. The molecule has 30 heavy (non-hydrogen) atoms. The number of amides is 2. The van der Waals surface area contributed by atoms with Gasteiger partial charge in [-0.1, -0.05) is 66.7 Å². The first-order valence-electron chi connectivity index (χ1n) is 9.15. The van der Waals surface area contributed by atoms with E-state index in [1.54, 1.807) is 12.1 Å². The average Bonchev–Trinajstić information content (AvgIpc) is 3.02. The van der Waals surface area contributed by atoms with Crippen molar-refractivity contribution >= 4 is 34.7 Å². The Hall–Kier alpha value is -3.71. The van der Waals surface area contributed by atoms with Gasteiger partial charge in [-0.2, -0.15) is 0 Å². The Labute approximate surface area is 177 Å². The first-order valence-corrected chi connectivity index (χ1v) is 9.97. The molecule has 0 spiro atoms. The van der Waals surface area contributed by atoms with E-state index in [2.05, 4.69) is 0 Å². The van der Waals surface area contributed by atoms with Crippen LogP contribution in [0.3, 0.4) is 0 Å². The molecule has 6 nitrogen and oxygen atoms in total. The molecule has 1 aliphatic heterocycles. The van der Waals surface area contributed by atoms with Gasteiger partial charge in [0.15, 0.2) is 0 Å². The number of hydrogen-bond acceptors (Lipinski definition) is 5. The van der Waals surface area contributed by atoms with Crippen molar-refractivity contribution in [2.45, 2.75) is 6.54 Å². The largest absolute Gasteiger partial charge is 0.293 e. The van der Waals surface area contributed by atoms with Crippen LogP contribution in [0.4, 0.5) is 10.5 Å². The van der Waals surface area contributed by atoms with Gasteiger partial charge in [-0.05, 0) is 40.1 Å². The summed E-state index contributed by atoms with van der Waals surface area (Å²) in [6.07, 6.45) is 1.69. The lowest BCUT2D eigenvalue weighted by Crippen LogP contribution is -2.27. The first kappa shape index (κ1) is 19.6. The van der Waals surface area contributed by atoms with Crippen LogP contribution >= 0.6 is 11.8 Å². The van der Waals surface area contributed by atoms with Crippen LogP contribution in [0.2, 0.25) is 0 Å². The van der Waals surface area contributed by atoms with Crippen molar-refractivity contribution in [3.63, 3.8) is 0 Å². The Morgan fingerprint density at radius 3 is 2.30 bits per heavy atom. The van der Waals surface area contributed by atoms with E-state index in [9.17, 15) is 19.7 Å². The van der Waals surface area contributed by atoms with E-state index in [1.807, 2.05) is 54.6 Å². The van der Waals surface area contributed by atoms with Crippen molar-refractivity contribution in [1.29, 1.82) is 0 Å². The van der Waals surface area contributed by atoms with Crippen LogP contribution in [0.25, 0.3) is 17.2 Å². The van der Waals surface area contributed by atoms with Gasteiger partial charge in [0, 0.05) is 12.1 Å². The number of rotatable bonds is 5. The fourth-order valence-electron chi connectivity index (χ4n) is 3.14.